The first-order valence-corrected chi connectivity index (χ1v) is 9.00. The molecule has 5 nitrogen and oxygen atoms in total. The first-order chi connectivity index (χ1) is 11.7. The molecule has 1 aromatic heterocycles. The van der Waals surface area contributed by atoms with Gasteiger partial charge in [0.05, 0.1) is 11.7 Å². The Balaban J connectivity index is 1.32. The van der Waals surface area contributed by atoms with Gasteiger partial charge in [-0.2, -0.15) is 0 Å². The summed E-state index contributed by atoms with van der Waals surface area (Å²) in [5.41, 5.74) is 1.74. The Morgan fingerprint density at radius 3 is 2.67 bits per heavy atom. The average Bonchev–Trinajstić information content (AvgIpc) is 2.99. The fourth-order valence-electron chi connectivity index (χ4n) is 5.20. The predicted molar refractivity (Wildman–Crippen MR) is 91.8 cm³/mol. The maximum Gasteiger partial charge on any atom is 0.253 e. The third-order valence-corrected chi connectivity index (χ3v) is 6.31. The molecule has 4 saturated heterocycles. The lowest BCUT2D eigenvalue weighted by atomic mass is 9.70. The molecule has 24 heavy (non-hydrogen) atoms. The highest BCUT2D eigenvalue weighted by molar-refractivity contribution is 6.06. The molecule has 3 N–H and O–H groups in total. The number of H-pyrrole nitrogens is 1. The van der Waals surface area contributed by atoms with E-state index in [1.54, 1.807) is 0 Å². The number of amides is 1. The highest BCUT2D eigenvalue weighted by Gasteiger charge is 2.48. The highest BCUT2D eigenvalue weighted by Crippen LogP contribution is 2.43. The van der Waals surface area contributed by atoms with Crippen LogP contribution in [0, 0.1) is 5.92 Å². The summed E-state index contributed by atoms with van der Waals surface area (Å²) in [4.78, 5) is 18.4. The summed E-state index contributed by atoms with van der Waals surface area (Å²) >= 11 is 0. The Bertz CT molecular complexity index is 770. The van der Waals surface area contributed by atoms with Crippen molar-refractivity contribution < 1.29 is 9.90 Å². The van der Waals surface area contributed by atoms with E-state index in [9.17, 15) is 9.90 Å². The van der Waals surface area contributed by atoms with E-state index in [-0.39, 0.29) is 18.1 Å². The van der Waals surface area contributed by atoms with Gasteiger partial charge in [-0.1, -0.05) is 18.2 Å². The Kier molecular flexibility index (Phi) is 3.22. The molecular weight excluding hydrogens is 302 g/mol. The smallest absolute Gasteiger partial charge is 0.253 e. The van der Waals surface area contributed by atoms with Gasteiger partial charge in [-0.25, -0.2) is 0 Å². The molecule has 0 saturated carbocycles. The quantitative estimate of drug-likeness (QED) is 0.790. The number of hydrogen-bond donors (Lipinski definition) is 3. The topological polar surface area (TPSA) is 68.4 Å². The Labute approximate surface area is 141 Å². The van der Waals surface area contributed by atoms with Crippen LogP contribution >= 0.6 is 0 Å². The molecule has 3 atom stereocenters. The summed E-state index contributed by atoms with van der Waals surface area (Å²) in [5.74, 6) is 0.493. The lowest BCUT2D eigenvalue weighted by Gasteiger charge is -2.57. The van der Waals surface area contributed by atoms with Crippen LogP contribution < -0.4 is 5.32 Å². The van der Waals surface area contributed by atoms with Crippen LogP contribution in [0.5, 0.6) is 0 Å². The van der Waals surface area contributed by atoms with Crippen LogP contribution in [-0.4, -0.2) is 51.7 Å². The van der Waals surface area contributed by atoms with E-state index in [2.05, 4.69) is 15.2 Å². The number of benzene rings is 1. The van der Waals surface area contributed by atoms with Gasteiger partial charge in [0.2, 0.25) is 0 Å². The van der Waals surface area contributed by atoms with E-state index >= 15 is 0 Å². The number of nitrogens with one attached hydrogen (secondary N) is 2. The van der Waals surface area contributed by atoms with Gasteiger partial charge in [-0.15, -0.1) is 0 Å². The molecule has 2 aromatic rings. The zero-order valence-electron chi connectivity index (χ0n) is 13.6. The van der Waals surface area contributed by atoms with Crippen LogP contribution in [0.25, 0.3) is 10.9 Å². The van der Waals surface area contributed by atoms with Crippen molar-refractivity contribution in [3.63, 3.8) is 0 Å². The molecule has 126 valence electrons. The van der Waals surface area contributed by atoms with Crippen molar-refractivity contribution in [2.24, 2.45) is 5.92 Å². The normalized spacial score (nSPS) is 37.5. The van der Waals surface area contributed by atoms with E-state index < -0.39 is 0 Å². The maximum atomic E-state index is 12.7. The third kappa shape index (κ3) is 2.19. The summed E-state index contributed by atoms with van der Waals surface area (Å²) in [6, 6.07) is 9.22. The average molecular weight is 325 g/mol. The van der Waals surface area contributed by atoms with Gasteiger partial charge >= 0.3 is 0 Å². The van der Waals surface area contributed by atoms with Gasteiger partial charge in [0.25, 0.3) is 5.91 Å². The summed E-state index contributed by atoms with van der Waals surface area (Å²) in [6.45, 7) is 0.823. The monoisotopic (exact) mass is 325 g/mol. The SMILES string of the molecule is O=C(NC1CC2CC3CC(C1)N2CC3O)c1c[nH]c2ccccc12. The second-order valence-corrected chi connectivity index (χ2v) is 7.69. The van der Waals surface area contributed by atoms with Crippen LogP contribution in [0.15, 0.2) is 30.5 Å². The van der Waals surface area contributed by atoms with Crippen LogP contribution in [0.1, 0.15) is 36.0 Å². The number of carbonyl (C=O) groups is 1. The van der Waals surface area contributed by atoms with Crippen LogP contribution in [0.2, 0.25) is 0 Å². The van der Waals surface area contributed by atoms with Gasteiger partial charge in [-0.05, 0) is 37.7 Å². The molecule has 5 heteroatoms. The lowest BCUT2D eigenvalue weighted by Crippen LogP contribution is -2.65. The van der Waals surface area contributed by atoms with Crippen molar-refractivity contribution in [1.82, 2.24) is 15.2 Å². The molecule has 6 rings (SSSR count). The predicted octanol–water partition coefficient (Wildman–Crippen LogP) is 1.88. The van der Waals surface area contributed by atoms with Gasteiger partial charge in [-0.3, -0.25) is 9.69 Å². The number of hydrogen-bond acceptors (Lipinski definition) is 3. The molecule has 4 fully saturated rings. The lowest BCUT2D eigenvalue weighted by molar-refractivity contribution is -0.110. The van der Waals surface area contributed by atoms with E-state index in [1.807, 2.05) is 30.5 Å². The number of fused-ring (bicyclic) bond motifs is 2. The number of nitrogens with zero attached hydrogens (tertiary/aromatic N) is 1. The molecule has 5 heterocycles. The number of piperidine rings is 4. The molecule has 1 amide bonds. The minimum absolute atomic E-state index is 0.0256. The van der Waals surface area contributed by atoms with Crippen molar-refractivity contribution >= 4 is 16.8 Å². The third-order valence-electron chi connectivity index (χ3n) is 6.31. The molecule has 3 unspecified atom stereocenters. The number of para-hydroxylation sites is 1. The van der Waals surface area contributed by atoms with E-state index in [0.29, 0.717) is 18.0 Å². The van der Waals surface area contributed by atoms with Crippen LogP contribution in [-0.2, 0) is 0 Å². The first kappa shape index (κ1) is 14.5. The molecule has 0 spiro atoms. The highest BCUT2D eigenvalue weighted by atomic mass is 16.3. The number of carbonyl (C=O) groups excluding carboxylic acids is 1. The van der Waals surface area contributed by atoms with Crippen LogP contribution in [0.4, 0.5) is 0 Å². The molecule has 0 aliphatic carbocycles. The van der Waals surface area contributed by atoms with Gasteiger partial charge in [0.1, 0.15) is 0 Å². The summed E-state index contributed by atoms with van der Waals surface area (Å²) in [5, 5.41) is 14.3. The van der Waals surface area contributed by atoms with Crippen molar-refractivity contribution in [2.75, 3.05) is 6.54 Å². The minimum Gasteiger partial charge on any atom is -0.392 e. The number of rotatable bonds is 2. The zero-order chi connectivity index (χ0) is 16.3. The molecule has 0 radical (unpaired) electrons. The van der Waals surface area contributed by atoms with Gasteiger partial charge in [0, 0.05) is 41.8 Å². The van der Waals surface area contributed by atoms with Crippen molar-refractivity contribution in [1.29, 1.82) is 0 Å². The van der Waals surface area contributed by atoms with Crippen LogP contribution in [0.3, 0.4) is 0 Å². The van der Waals surface area contributed by atoms with E-state index in [4.69, 9.17) is 0 Å². The molecule has 4 aliphatic heterocycles. The van der Waals surface area contributed by atoms with Crippen molar-refractivity contribution in [3.05, 3.63) is 36.0 Å². The van der Waals surface area contributed by atoms with E-state index in [1.165, 1.54) is 0 Å². The van der Waals surface area contributed by atoms with Crippen molar-refractivity contribution in [2.45, 2.75) is 49.9 Å². The maximum absolute atomic E-state index is 12.7. The Hall–Kier alpha value is -1.85. The molecule has 4 bridgehead atoms. The van der Waals surface area contributed by atoms with Gasteiger partial charge in [0.15, 0.2) is 0 Å². The summed E-state index contributed by atoms with van der Waals surface area (Å²) < 4.78 is 0. The second kappa shape index (κ2) is 5.33. The Morgan fingerprint density at radius 2 is 1.92 bits per heavy atom. The number of aliphatic hydroxyl groups excluding tert-OH is 1. The molecule has 1 aromatic carbocycles. The Morgan fingerprint density at radius 1 is 1.17 bits per heavy atom. The zero-order valence-corrected chi connectivity index (χ0v) is 13.6. The summed E-state index contributed by atoms with van der Waals surface area (Å²) in [7, 11) is 0. The first-order valence-electron chi connectivity index (χ1n) is 9.00. The number of aromatic amines is 1. The standard InChI is InChI=1S/C19H23N3O2/c23-18-10-22-13-5-11(18)6-14(22)8-12(7-13)21-19(24)16-9-20-17-4-2-1-3-15(16)17/h1-4,9,11-14,18,20,23H,5-8,10H2,(H,21,24). The van der Waals surface area contributed by atoms with Crippen molar-refractivity contribution in [3.8, 4) is 0 Å². The number of aliphatic hydroxyl groups is 1. The summed E-state index contributed by atoms with van der Waals surface area (Å²) in [6.07, 6.45) is 5.84. The number of aromatic nitrogens is 1. The molecule has 4 aliphatic rings. The van der Waals surface area contributed by atoms with E-state index in [0.717, 1.165) is 48.7 Å². The minimum atomic E-state index is -0.144. The second-order valence-electron chi connectivity index (χ2n) is 7.69. The fraction of sp³-hybridized carbons (Fsp3) is 0.526. The fourth-order valence-corrected chi connectivity index (χ4v) is 5.20. The van der Waals surface area contributed by atoms with Gasteiger partial charge < -0.3 is 15.4 Å². The largest absolute Gasteiger partial charge is 0.392 e. The molecular formula is C19H23N3O2.